The molecule has 0 bridgehead atoms. The van der Waals surface area contributed by atoms with Gasteiger partial charge in [-0.05, 0) is 24.5 Å². The fourth-order valence-corrected chi connectivity index (χ4v) is 3.14. The summed E-state index contributed by atoms with van der Waals surface area (Å²) >= 11 is 18.2. The Kier molecular flexibility index (Phi) is 5.36. The van der Waals surface area contributed by atoms with Gasteiger partial charge in [0.2, 0.25) is 0 Å². The van der Waals surface area contributed by atoms with Gasteiger partial charge in [0, 0.05) is 18.1 Å². The fraction of sp³-hybridized carbons (Fsp3) is 0.625. The summed E-state index contributed by atoms with van der Waals surface area (Å²) in [6.45, 7) is 9.55. The Morgan fingerprint density at radius 3 is 2.38 bits per heavy atom. The molecule has 0 amide bonds. The Labute approximate surface area is 142 Å². The van der Waals surface area contributed by atoms with E-state index in [2.05, 4.69) is 33.0 Å². The van der Waals surface area contributed by atoms with Crippen LogP contribution < -0.4 is 5.32 Å². The molecule has 5 heteroatoms. The van der Waals surface area contributed by atoms with Crippen LogP contribution in [0.3, 0.4) is 0 Å². The maximum Gasteiger partial charge on any atom is 0.0665 e. The molecule has 0 spiro atoms. The van der Waals surface area contributed by atoms with Crippen LogP contribution in [0.4, 0.5) is 5.69 Å². The van der Waals surface area contributed by atoms with Crippen LogP contribution in [0.15, 0.2) is 12.1 Å². The predicted molar refractivity (Wildman–Crippen MR) is 91.9 cm³/mol. The minimum Gasteiger partial charge on any atom is -0.380 e. The van der Waals surface area contributed by atoms with Crippen molar-refractivity contribution in [3.05, 3.63) is 27.2 Å². The second-order valence-electron chi connectivity index (χ2n) is 6.72. The van der Waals surface area contributed by atoms with E-state index >= 15 is 0 Å². The third kappa shape index (κ3) is 3.79. The first-order chi connectivity index (χ1) is 9.71. The van der Waals surface area contributed by atoms with Crippen molar-refractivity contribution in [3.8, 4) is 0 Å². The highest BCUT2D eigenvalue weighted by molar-refractivity contribution is 6.44. The normalized spacial score (nSPS) is 24.0. The molecule has 21 heavy (non-hydrogen) atoms. The van der Waals surface area contributed by atoms with Crippen molar-refractivity contribution in [3.63, 3.8) is 0 Å². The number of halogens is 3. The zero-order valence-corrected chi connectivity index (χ0v) is 15.1. The van der Waals surface area contributed by atoms with Gasteiger partial charge in [0.25, 0.3) is 0 Å². The predicted octanol–water partition coefficient (Wildman–Crippen LogP) is 5.90. The van der Waals surface area contributed by atoms with Crippen molar-refractivity contribution in [2.24, 2.45) is 11.3 Å². The summed E-state index contributed by atoms with van der Waals surface area (Å²) in [5.74, 6) is 0.553. The summed E-state index contributed by atoms with van der Waals surface area (Å²) in [5.41, 5.74) is 0.885. The number of benzene rings is 1. The summed E-state index contributed by atoms with van der Waals surface area (Å²) in [4.78, 5) is 0. The van der Waals surface area contributed by atoms with E-state index in [1.54, 1.807) is 12.1 Å². The highest BCUT2D eigenvalue weighted by Crippen LogP contribution is 2.45. The van der Waals surface area contributed by atoms with E-state index in [0.717, 1.165) is 18.7 Å². The monoisotopic (exact) mass is 349 g/mol. The summed E-state index contributed by atoms with van der Waals surface area (Å²) in [6.07, 6.45) is 1.25. The van der Waals surface area contributed by atoms with Crippen molar-refractivity contribution in [1.29, 1.82) is 0 Å². The van der Waals surface area contributed by atoms with Crippen molar-refractivity contribution in [2.75, 3.05) is 11.9 Å². The van der Waals surface area contributed by atoms with Gasteiger partial charge in [-0.3, -0.25) is 0 Å². The third-order valence-electron chi connectivity index (χ3n) is 4.15. The van der Waals surface area contributed by atoms with Gasteiger partial charge in [0.05, 0.1) is 26.9 Å². The molecular weight excluding hydrogens is 329 g/mol. The second-order valence-corrected chi connectivity index (χ2v) is 7.94. The maximum absolute atomic E-state index is 6.22. The van der Waals surface area contributed by atoms with Crippen LogP contribution in [0.1, 0.15) is 34.1 Å². The quantitative estimate of drug-likeness (QED) is 0.668. The van der Waals surface area contributed by atoms with Crippen molar-refractivity contribution < 1.29 is 4.74 Å². The molecule has 0 heterocycles. The van der Waals surface area contributed by atoms with Gasteiger partial charge in [-0.1, -0.05) is 62.5 Å². The van der Waals surface area contributed by atoms with Crippen LogP contribution in [0.25, 0.3) is 0 Å². The molecule has 0 aromatic heterocycles. The van der Waals surface area contributed by atoms with Crippen LogP contribution >= 0.6 is 34.8 Å². The van der Waals surface area contributed by atoms with Crippen molar-refractivity contribution in [1.82, 2.24) is 0 Å². The zero-order valence-electron chi connectivity index (χ0n) is 12.8. The van der Waals surface area contributed by atoms with E-state index < -0.39 is 0 Å². The first-order valence-electron chi connectivity index (χ1n) is 7.24. The van der Waals surface area contributed by atoms with Crippen molar-refractivity contribution >= 4 is 40.5 Å². The number of ether oxygens (including phenoxy) is 1. The second kappa shape index (κ2) is 6.54. The molecule has 1 N–H and O–H groups in total. The third-order valence-corrected chi connectivity index (χ3v) is 5.18. The molecule has 1 saturated carbocycles. The van der Waals surface area contributed by atoms with Gasteiger partial charge in [0.1, 0.15) is 0 Å². The topological polar surface area (TPSA) is 21.3 Å². The van der Waals surface area contributed by atoms with Gasteiger partial charge >= 0.3 is 0 Å². The molecule has 0 saturated heterocycles. The molecule has 0 radical (unpaired) electrons. The first-order valence-corrected chi connectivity index (χ1v) is 8.38. The average molecular weight is 351 g/mol. The fourth-order valence-electron chi connectivity index (χ4n) is 2.54. The Morgan fingerprint density at radius 2 is 1.81 bits per heavy atom. The van der Waals surface area contributed by atoms with Gasteiger partial charge in [-0.15, -0.1) is 0 Å². The standard InChI is InChI=1S/C16H22Cl3NO/c1-9(2)8-21-15-7-14(16(15,3)4)20-13-6-11(18)10(17)5-12(13)19/h5-6,9,14-15,20H,7-8H2,1-4H3. The molecule has 1 aromatic carbocycles. The lowest BCUT2D eigenvalue weighted by molar-refractivity contribution is -0.108. The minimum absolute atomic E-state index is 0.0599. The molecule has 2 nitrogen and oxygen atoms in total. The number of anilines is 1. The van der Waals surface area contributed by atoms with E-state index in [0.29, 0.717) is 27.0 Å². The number of hydrogen-bond acceptors (Lipinski definition) is 2. The molecule has 2 rings (SSSR count). The number of rotatable bonds is 5. The maximum atomic E-state index is 6.22. The highest BCUT2D eigenvalue weighted by atomic mass is 35.5. The Hall–Kier alpha value is -0.150. The van der Waals surface area contributed by atoms with Gasteiger partial charge in [-0.25, -0.2) is 0 Å². The lowest BCUT2D eigenvalue weighted by Gasteiger charge is -2.52. The molecular formula is C16H22Cl3NO. The van der Waals surface area contributed by atoms with Gasteiger partial charge < -0.3 is 10.1 Å². The lowest BCUT2D eigenvalue weighted by Crippen LogP contribution is -2.58. The van der Waals surface area contributed by atoms with E-state index in [1.807, 2.05) is 0 Å². The highest BCUT2D eigenvalue weighted by Gasteiger charge is 2.49. The molecule has 1 aliphatic rings. The minimum atomic E-state index is 0.0599. The Balaban J connectivity index is 2.01. The Morgan fingerprint density at radius 1 is 1.19 bits per heavy atom. The van der Waals surface area contributed by atoms with Crippen molar-refractivity contribution in [2.45, 2.75) is 46.3 Å². The van der Waals surface area contributed by atoms with Gasteiger partial charge in [0.15, 0.2) is 0 Å². The molecule has 2 atom stereocenters. The molecule has 2 unspecified atom stereocenters. The van der Waals surface area contributed by atoms with Crippen LogP contribution in [0.2, 0.25) is 15.1 Å². The van der Waals surface area contributed by atoms with Gasteiger partial charge in [-0.2, -0.15) is 0 Å². The van der Waals surface area contributed by atoms with Crippen LogP contribution in [0, 0.1) is 11.3 Å². The largest absolute Gasteiger partial charge is 0.380 e. The van der Waals surface area contributed by atoms with Crippen LogP contribution in [0.5, 0.6) is 0 Å². The number of nitrogens with one attached hydrogen (secondary N) is 1. The van der Waals surface area contributed by atoms with Crippen LogP contribution in [-0.4, -0.2) is 18.8 Å². The average Bonchev–Trinajstić information content (AvgIpc) is 2.38. The summed E-state index contributed by atoms with van der Waals surface area (Å²) in [6, 6.07) is 3.76. The van der Waals surface area contributed by atoms with Crippen LogP contribution in [-0.2, 0) is 4.74 Å². The first kappa shape index (κ1) is 17.2. The van der Waals surface area contributed by atoms with E-state index in [4.69, 9.17) is 39.5 Å². The van der Waals surface area contributed by atoms with E-state index in [9.17, 15) is 0 Å². The SMILES string of the molecule is CC(C)COC1CC(Nc2cc(Cl)c(Cl)cc2Cl)C1(C)C. The summed E-state index contributed by atoms with van der Waals surface area (Å²) in [5, 5.41) is 5.04. The molecule has 0 aliphatic heterocycles. The Bertz CT molecular complexity index is 516. The zero-order chi connectivity index (χ0) is 15.8. The lowest BCUT2D eigenvalue weighted by atomic mass is 9.64. The summed E-state index contributed by atoms with van der Waals surface area (Å²) in [7, 11) is 0. The smallest absolute Gasteiger partial charge is 0.0665 e. The molecule has 1 fully saturated rings. The summed E-state index contributed by atoms with van der Waals surface area (Å²) < 4.78 is 5.98. The number of hydrogen-bond donors (Lipinski definition) is 1. The molecule has 1 aliphatic carbocycles. The molecule has 118 valence electrons. The van der Waals surface area contributed by atoms with E-state index in [1.165, 1.54) is 0 Å². The molecule has 1 aromatic rings. The van der Waals surface area contributed by atoms with E-state index in [-0.39, 0.29) is 11.5 Å².